The van der Waals surface area contributed by atoms with Crippen LogP contribution in [0.3, 0.4) is 0 Å². The standard InChI is InChI=1S/C15H20BN3O2S/c1-14(2)15(3,4)21-16(20-14)12(10-22)8-11-9-18-19-7-5-6-17-13(11)19/h5-9,22H,10H2,1-4H3. The van der Waals surface area contributed by atoms with Gasteiger partial charge >= 0.3 is 7.12 Å². The van der Waals surface area contributed by atoms with Gasteiger partial charge in [0.15, 0.2) is 5.65 Å². The van der Waals surface area contributed by atoms with E-state index in [0.717, 1.165) is 16.7 Å². The quantitative estimate of drug-likeness (QED) is 0.698. The molecule has 1 fully saturated rings. The maximum absolute atomic E-state index is 6.09. The fourth-order valence-electron chi connectivity index (χ4n) is 2.33. The van der Waals surface area contributed by atoms with Crippen LogP contribution in [0, 0.1) is 0 Å². The van der Waals surface area contributed by atoms with Gasteiger partial charge in [-0.25, -0.2) is 9.50 Å². The highest BCUT2D eigenvalue weighted by Crippen LogP contribution is 2.39. The molecule has 116 valence electrons. The minimum atomic E-state index is -0.402. The molecule has 2 aromatic rings. The highest BCUT2D eigenvalue weighted by Gasteiger charge is 2.52. The third-order valence-corrected chi connectivity index (χ3v) is 4.75. The van der Waals surface area contributed by atoms with Gasteiger partial charge in [0.05, 0.1) is 17.4 Å². The summed E-state index contributed by atoms with van der Waals surface area (Å²) in [6.45, 7) is 8.17. The molecule has 1 saturated heterocycles. The van der Waals surface area contributed by atoms with Gasteiger partial charge in [-0.3, -0.25) is 0 Å². The Balaban J connectivity index is 1.95. The molecule has 0 atom stereocenters. The van der Waals surface area contributed by atoms with E-state index in [9.17, 15) is 0 Å². The molecule has 2 aromatic heterocycles. The molecule has 0 bridgehead atoms. The van der Waals surface area contributed by atoms with Gasteiger partial charge in [0.2, 0.25) is 0 Å². The minimum Gasteiger partial charge on any atom is -0.400 e. The van der Waals surface area contributed by atoms with Crippen LogP contribution >= 0.6 is 12.6 Å². The molecule has 0 radical (unpaired) electrons. The van der Waals surface area contributed by atoms with Crippen molar-refractivity contribution < 1.29 is 9.31 Å². The summed E-state index contributed by atoms with van der Waals surface area (Å²) in [4.78, 5) is 4.36. The molecule has 3 rings (SSSR count). The van der Waals surface area contributed by atoms with E-state index in [0.29, 0.717) is 5.75 Å². The maximum Gasteiger partial charge on any atom is 0.491 e. The average Bonchev–Trinajstić information content (AvgIpc) is 2.95. The zero-order valence-corrected chi connectivity index (χ0v) is 14.2. The fourth-order valence-corrected chi connectivity index (χ4v) is 2.57. The van der Waals surface area contributed by atoms with Crippen LogP contribution in [0.2, 0.25) is 0 Å². The lowest BCUT2D eigenvalue weighted by Gasteiger charge is -2.32. The summed E-state index contributed by atoms with van der Waals surface area (Å²) in [6, 6.07) is 1.85. The molecule has 0 amide bonds. The molecular weight excluding hydrogens is 297 g/mol. The lowest BCUT2D eigenvalue weighted by molar-refractivity contribution is 0.00578. The van der Waals surface area contributed by atoms with Crippen molar-refractivity contribution in [1.29, 1.82) is 0 Å². The van der Waals surface area contributed by atoms with Crippen molar-refractivity contribution in [1.82, 2.24) is 14.6 Å². The second-order valence-corrected chi connectivity index (χ2v) is 6.77. The molecule has 0 saturated carbocycles. The van der Waals surface area contributed by atoms with E-state index in [1.807, 2.05) is 46.0 Å². The van der Waals surface area contributed by atoms with E-state index in [2.05, 4.69) is 22.7 Å². The second-order valence-electron chi connectivity index (χ2n) is 6.45. The number of nitrogens with zero attached hydrogens (tertiary/aromatic N) is 3. The van der Waals surface area contributed by atoms with E-state index >= 15 is 0 Å². The van der Waals surface area contributed by atoms with Gasteiger partial charge in [-0.1, -0.05) is 6.08 Å². The lowest BCUT2D eigenvalue weighted by Crippen LogP contribution is -2.41. The first-order valence-corrected chi connectivity index (χ1v) is 7.93. The van der Waals surface area contributed by atoms with Crippen LogP contribution in [0.15, 0.2) is 30.1 Å². The van der Waals surface area contributed by atoms with Crippen molar-refractivity contribution >= 4 is 31.5 Å². The van der Waals surface area contributed by atoms with Gasteiger partial charge in [-0.05, 0) is 39.2 Å². The van der Waals surface area contributed by atoms with Crippen LogP contribution in [0.5, 0.6) is 0 Å². The first kappa shape index (κ1) is 15.6. The molecule has 0 unspecified atom stereocenters. The lowest BCUT2D eigenvalue weighted by atomic mass is 9.78. The summed E-state index contributed by atoms with van der Waals surface area (Å²) in [5.41, 5.74) is 1.97. The van der Waals surface area contributed by atoms with Crippen LogP contribution < -0.4 is 0 Å². The Labute approximate surface area is 136 Å². The van der Waals surface area contributed by atoms with Gasteiger partial charge in [0.25, 0.3) is 0 Å². The first-order chi connectivity index (χ1) is 10.3. The Morgan fingerprint density at radius 1 is 1.32 bits per heavy atom. The van der Waals surface area contributed by atoms with Crippen LogP contribution in [-0.4, -0.2) is 38.7 Å². The molecule has 0 N–H and O–H groups in total. The van der Waals surface area contributed by atoms with Crippen molar-refractivity contribution in [3.63, 3.8) is 0 Å². The predicted octanol–water partition coefficient (Wildman–Crippen LogP) is 2.67. The van der Waals surface area contributed by atoms with Gasteiger partial charge in [-0.2, -0.15) is 17.7 Å². The zero-order chi connectivity index (χ0) is 16.0. The van der Waals surface area contributed by atoms with Crippen molar-refractivity contribution in [2.24, 2.45) is 0 Å². The zero-order valence-electron chi connectivity index (χ0n) is 13.3. The van der Waals surface area contributed by atoms with E-state index in [-0.39, 0.29) is 11.2 Å². The first-order valence-electron chi connectivity index (χ1n) is 7.29. The fraction of sp³-hybridized carbons (Fsp3) is 0.467. The number of thiol groups is 1. The smallest absolute Gasteiger partial charge is 0.400 e. The van der Waals surface area contributed by atoms with Crippen LogP contribution in [-0.2, 0) is 9.31 Å². The monoisotopic (exact) mass is 317 g/mol. The van der Waals surface area contributed by atoms with Gasteiger partial charge in [0.1, 0.15) is 0 Å². The van der Waals surface area contributed by atoms with E-state index < -0.39 is 7.12 Å². The topological polar surface area (TPSA) is 48.7 Å². The number of hydrogen-bond acceptors (Lipinski definition) is 5. The summed E-state index contributed by atoms with van der Waals surface area (Å²) in [5.74, 6) is 0.543. The summed E-state index contributed by atoms with van der Waals surface area (Å²) in [7, 11) is -0.402. The Morgan fingerprint density at radius 3 is 2.64 bits per heavy atom. The van der Waals surface area contributed by atoms with Crippen LogP contribution in [0.1, 0.15) is 33.3 Å². The molecule has 22 heavy (non-hydrogen) atoms. The number of aromatic nitrogens is 3. The molecule has 1 aliphatic rings. The van der Waals surface area contributed by atoms with E-state index in [1.165, 1.54) is 0 Å². The predicted molar refractivity (Wildman–Crippen MR) is 90.9 cm³/mol. The molecule has 0 spiro atoms. The largest absolute Gasteiger partial charge is 0.491 e. The summed E-state index contributed by atoms with van der Waals surface area (Å²) in [5, 5.41) is 4.29. The molecule has 3 heterocycles. The van der Waals surface area contributed by atoms with Crippen molar-refractivity contribution in [3.05, 3.63) is 35.7 Å². The molecule has 0 aliphatic carbocycles. The SMILES string of the molecule is CC1(C)OB(C(=Cc2cnn3cccnc23)CS)OC1(C)C. The average molecular weight is 317 g/mol. The van der Waals surface area contributed by atoms with E-state index in [4.69, 9.17) is 9.31 Å². The highest BCUT2D eigenvalue weighted by atomic mass is 32.1. The Morgan fingerprint density at radius 2 is 2.00 bits per heavy atom. The van der Waals surface area contributed by atoms with Crippen molar-refractivity contribution in [2.75, 3.05) is 5.75 Å². The maximum atomic E-state index is 6.09. The third-order valence-electron chi connectivity index (χ3n) is 4.39. The number of rotatable bonds is 3. The van der Waals surface area contributed by atoms with Crippen LogP contribution in [0.4, 0.5) is 0 Å². The molecule has 1 aliphatic heterocycles. The molecule has 5 nitrogen and oxygen atoms in total. The van der Waals surface area contributed by atoms with Crippen molar-refractivity contribution in [3.8, 4) is 0 Å². The van der Waals surface area contributed by atoms with Crippen LogP contribution in [0.25, 0.3) is 11.7 Å². The Bertz CT molecular complexity index is 710. The molecule has 0 aromatic carbocycles. The Kier molecular flexibility index (Phi) is 3.83. The number of hydrogen-bond donors (Lipinski definition) is 1. The van der Waals surface area contributed by atoms with E-state index in [1.54, 1.807) is 16.9 Å². The third kappa shape index (κ3) is 2.57. The summed E-state index contributed by atoms with van der Waals surface area (Å²) >= 11 is 4.43. The highest BCUT2D eigenvalue weighted by molar-refractivity contribution is 7.80. The summed E-state index contributed by atoms with van der Waals surface area (Å²) in [6.07, 6.45) is 7.42. The molecular formula is C15H20BN3O2S. The summed E-state index contributed by atoms with van der Waals surface area (Å²) < 4.78 is 13.9. The minimum absolute atomic E-state index is 0.362. The Hall–Kier alpha value is -1.31. The van der Waals surface area contributed by atoms with Crippen molar-refractivity contribution in [2.45, 2.75) is 38.9 Å². The normalized spacial score (nSPS) is 20.8. The van der Waals surface area contributed by atoms with Gasteiger partial charge < -0.3 is 9.31 Å². The second kappa shape index (κ2) is 5.40. The van der Waals surface area contributed by atoms with Gasteiger partial charge in [0, 0.05) is 23.7 Å². The number of fused-ring (bicyclic) bond motifs is 1. The van der Waals surface area contributed by atoms with Gasteiger partial charge in [-0.15, -0.1) is 0 Å². The molecule has 7 heteroatoms.